The predicted molar refractivity (Wildman–Crippen MR) is 36.1 cm³/mol. The Morgan fingerprint density at radius 3 is 1.67 bits per heavy atom. The second-order valence-corrected chi connectivity index (χ2v) is 1.66. The van der Waals surface area contributed by atoms with Gasteiger partial charge in [-0.2, -0.15) is 10.2 Å². The topological polar surface area (TPSA) is 89.4 Å². The molecule has 0 atom stereocenters. The molecule has 0 aromatic heterocycles. The van der Waals surface area contributed by atoms with Gasteiger partial charge in [0.25, 0.3) is 0 Å². The lowest BCUT2D eigenvalue weighted by atomic mass is 10.9. The van der Waals surface area contributed by atoms with Crippen LogP contribution in [0.25, 0.3) is 0 Å². The molecule has 2 N–H and O–H groups in total. The summed E-state index contributed by atoms with van der Waals surface area (Å²) in [6, 6.07) is 0. The van der Waals surface area contributed by atoms with Gasteiger partial charge in [0.15, 0.2) is 0 Å². The fraction of sp³-hybridized carbons (Fsp3) is 0. The van der Waals surface area contributed by atoms with E-state index in [2.05, 4.69) is 21.3 Å². The Hall–Kier alpha value is -2.12. The molecule has 0 fully saturated rings. The number of hydrogen-bond donors (Lipinski definition) is 2. The summed E-state index contributed by atoms with van der Waals surface area (Å²) in [5.74, 6) is 0. The molecule has 0 aromatic carbocycles. The standard InChI is InChI=1S/C4H6N6O2/c11-3-5-9-1-2-10(6-4-12)8-7-9/h1-4H,(H,5,11)(H,6,12). The number of amides is 2. The van der Waals surface area contributed by atoms with E-state index >= 15 is 0 Å². The van der Waals surface area contributed by atoms with E-state index in [1.807, 2.05) is 0 Å². The first-order chi connectivity index (χ1) is 5.86. The van der Waals surface area contributed by atoms with Crippen molar-refractivity contribution in [1.82, 2.24) is 21.1 Å². The van der Waals surface area contributed by atoms with Crippen LogP contribution in [-0.2, 0) is 9.59 Å². The van der Waals surface area contributed by atoms with E-state index in [9.17, 15) is 9.59 Å². The van der Waals surface area contributed by atoms with Crippen LogP contribution in [0.4, 0.5) is 0 Å². The molecule has 0 unspecified atom stereocenters. The lowest BCUT2D eigenvalue weighted by Gasteiger charge is -2.18. The van der Waals surface area contributed by atoms with Gasteiger partial charge in [0.05, 0.1) is 12.4 Å². The van der Waals surface area contributed by atoms with Crippen molar-refractivity contribution in [3.05, 3.63) is 12.4 Å². The molecule has 0 saturated carbocycles. The summed E-state index contributed by atoms with van der Waals surface area (Å²) in [7, 11) is 0. The lowest BCUT2D eigenvalue weighted by Crippen LogP contribution is -2.34. The van der Waals surface area contributed by atoms with E-state index in [4.69, 9.17) is 0 Å². The Balaban J connectivity index is 2.42. The number of nitrogens with one attached hydrogen (secondary N) is 2. The van der Waals surface area contributed by atoms with Crippen molar-refractivity contribution in [3.8, 4) is 0 Å². The van der Waals surface area contributed by atoms with Crippen LogP contribution < -0.4 is 10.9 Å². The van der Waals surface area contributed by atoms with Crippen LogP contribution in [0.1, 0.15) is 0 Å². The van der Waals surface area contributed by atoms with Crippen molar-refractivity contribution in [2.75, 3.05) is 0 Å². The SMILES string of the molecule is O=CNN1C=CN(NC=O)N=N1. The number of hydrazine groups is 2. The molecule has 1 heterocycles. The summed E-state index contributed by atoms with van der Waals surface area (Å²) in [5.41, 5.74) is 4.42. The minimum Gasteiger partial charge on any atom is -0.277 e. The molecule has 64 valence electrons. The molecule has 1 rings (SSSR count). The first kappa shape index (κ1) is 7.98. The van der Waals surface area contributed by atoms with E-state index in [0.717, 1.165) is 10.2 Å². The van der Waals surface area contributed by atoms with E-state index < -0.39 is 0 Å². The van der Waals surface area contributed by atoms with Gasteiger partial charge in [0.2, 0.25) is 12.8 Å². The highest BCUT2D eigenvalue weighted by Gasteiger charge is 2.02. The Morgan fingerprint density at radius 2 is 1.42 bits per heavy atom. The highest BCUT2D eigenvalue weighted by atomic mass is 16.2. The third-order valence-electron chi connectivity index (χ3n) is 0.952. The lowest BCUT2D eigenvalue weighted by molar-refractivity contribution is -0.115. The summed E-state index contributed by atoms with van der Waals surface area (Å²) in [6.45, 7) is 0. The fourth-order valence-electron chi connectivity index (χ4n) is 0.518. The maximum absolute atomic E-state index is 9.91. The van der Waals surface area contributed by atoms with Gasteiger partial charge in [0, 0.05) is 0 Å². The van der Waals surface area contributed by atoms with Gasteiger partial charge in [-0.3, -0.25) is 9.59 Å². The normalized spacial score (nSPS) is 14.3. The summed E-state index contributed by atoms with van der Waals surface area (Å²) in [6.07, 6.45) is 3.70. The highest BCUT2D eigenvalue weighted by molar-refractivity contribution is 5.45. The van der Waals surface area contributed by atoms with Gasteiger partial charge in [-0.05, 0) is 10.4 Å². The molecule has 0 aliphatic carbocycles. The second-order valence-electron chi connectivity index (χ2n) is 1.66. The summed E-state index contributed by atoms with van der Waals surface area (Å²) in [4.78, 5) is 19.8. The maximum atomic E-state index is 9.91. The zero-order valence-electron chi connectivity index (χ0n) is 5.91. The second kappa shape index (κ2) is 3.91. The number of nitrogens with zero attached hydrogens (tertiary/aromatic N) is 4. The molecule has 0 bridgehead atoms. The molecule has 0 saturated heterocycles. The Morgan fingerprint density at radius 1 is 1.00 bits per heavy atom. The largest absolute Gasteiger partial charge is 0.277 e. The fourth-order valence-corrected chi connectivity index (χ4v) is 0.518. The van der Waals surface area contributed by atoms with Crippen molar-refractivity contribution in [2.24, 2.45) is 10.4 Å². The number of rotatable bonds is 4. The number of carbonyl (C=O) groups excluding carboxylic acids is 2. The zero-order valence-corrected chi connectivity index (χ0v) is 5.91. The quantitative estimate of drug-likeness (QED) is 0.512. The highest BCUT2D eigenvalue weighted by Crippen LogP contribution is 1.98. The predicted octanol–water partition coefficient (Wildman–Crippen LogP) is -1.32. The van der Waals surface area contributed by atoms with E-state index in [0.29, 0.717) is 12.8 Å². The average Bonchev–Trinajstić information content (AvgIpc) is 2.09. The van der Waals surface area contributed by atoms with Crippen LogP contribution >= 0.6 is 0 Å². The van der Waals surface area contributed by atoms with Crippen LogP contribution in [-0.4, -0.2) is 23.1 Å². The van der Waals surface area contributed by atoms with Crippen LogP contribution in [0, 0.1) is 0 Å². The molecule has 1 aliphatic rings. The zero-order chi connectivity index (χ0) is 8.81. The maximum Gasteiger partial charge on any atom is 0.227 e. The molecule has 12 heavy (non-hydrogen) atoms. The molecule has 1 aliphatic heterocycles. The van der Waals surface area contributed by atoms with Gasteiger partial charge in [-0.25, -0.2) is 10.9 Å². The van der Waals surface area contributed by atoms with Crippen molar-refractivity contribution < 1.29 is 9.59 Å². The van der Waals surface area contributed by atoms with Gasteiger partial charge < -0.3 is 0 Å². The summed E-state index contributed by atoms with van der Waals surface area (Å²) < 4.78 is 0. The van der Waals surface area contributed by atoms with E-state index in [1.165, 1.54) is 12.4 Å². The van der Waals surface area contributed by atoms with Crippen molar-refractivity contribution >= 4 is 12.8 Å². The number of carbonyl (C=O) groups is 2. The summed E-state index contributed by atoms with van der Waals surface area (Å²) in [5, 5.41) is 9.06. The van der Waals surface area contributed by atoms with Crippen LogP contribution in [0.2, 0.25) is 0 Å². The van der Waals surface area contributed by atoms with E-state index in [-0.39, 0.29) is 0 Å². The monoisotopic (exact) mass is 170 g/mol. The van der Waals surface area contributed by atoms with Gasteiger partial charge in [-0.1, -0.05) is 0 Å². The molecule has 8 heteroatoms. The van der Waals surface area contributed by atoms with Crippen molar-refractivity contribution in [1.29, 1.82) is 0 Å². The van der Waals surface area contributed by atoms with Crippen LogP contribution in [0.5, 0.6) is 0 Å². The van der Waals surface area contributed by atoms with Gasteiger partial charge in [-0.15, -0.1) is 0 Å². The molecule has 0 radical (unpaired) electrons. The number of hydrogen-bond acceptors (Lipinski definition) is 6. The molecule has 2 amide bonds. The van der Waals surface area contributed by atoms with E-state index in [1.54, 1.807) is 0 Å². The average molecular weight is 170 g/mol. The molecular formula is C4H6N6O2. The first-order valence-electron chi connectivity index (χ1n) is 2.95. The minimum absolute atomic E-state index is 0.451. The van der Waals surface area contributed by atoms with Gasteiger partial charge >= 0.3 is 0 Å². The smallest absolute Gasteiger partial charge is 0.227 e. The van der Waals surface area contributed by atoms with Crippen molar-refractivity contribution in [3.63, 3.8) is 0 Å². The first-order valence-corrected chi connectivity index (χ1v) is 2.95. The third-order valence-corrected chi connectivity index (χ3v) is 0.952. The molecule has 8 nitrogen and oxygen atoms in total. The summed E-state index contributed by atoms with van der Waals surface area (Å²) >= 11 is 0. The Labute approximate surface area is 67.4 Å². The molecular weight excluding hydrogens is 164 g/mol. The molecule has 0 spiro atoms. The Kier molecular flexibility index (Phi) is 2.60. The van der Waals surface area contributed by atoms with Crippen LogP contribution in [0.15, 0.2) is 22.8 Å². The molecule has 0 aromatic rings. The van der Waals surface area contributed by atoms with Crippen LogP contribution in [0.3, 0.4) is 0 Å². The third kappa shape index (κ3) is 1.94. The van der Waals surface area contributed by atoms with Gasteiger partial charge in [0.1, 0.15) is 0 Å². The minimum atomic E-state index is 0.451. The van der Waals surface area contributed by atoms with Crippen molar-refractivity contribution in [2.45, 2.75) is 0 Å². The Bertz CT molecular complexity index is 190.